The van der Waals surface area contributed by atoms with E-state index in [1.165, 1.54) is 0 Å². The summed E-state index contributed by atoms with van der Waals surface area (Å²) >= 11 is 0. The van der Waals surface area contributed by atoms with Crippen LogP contribution < -0.4 is 0 Å². The highest BCUT2D eigenvalue weighted by atomic mass is 16.7. The maximum atomic E-state index is 11.6. The van der Waals surface area contributed by atoms with Gasteiger partial charge in [0.1, 0.15) is 5.71 Å². The molecule has 0 N–H and O–H groups in total. The zero-order valence-corrected chi connectivity index (χ0v) is 13.6. The van der Waals surface area contributed by atoms with Crippen LogP contribution in [0.2, 0.25) is 0 Å². The van der Waals surface area contributed by atoms with E-state index in [0.29, 0.717) is 18.7 Å². The lowest BCUT2D eigenvalue weighted by molar-refractivity contribution is -0.143. The molecular weight excluding hydrogens is 302 g/mol. The number of hydrogen-bond acceptors (Lipinski definition) is 4. The Kier molecular flexibility index (Phi) is 5.01. The number of rotatable bonds is 6. The molecule has 122 valence electrons. The lowest BCUT2D eigenvalue weighted by Crippen LogP contribution is -2.12. The molecular formula is C19H19N3O2. The molecule has 0 aliphatic carbocycles. The topological polar surface area (TPSA) is 56.5 Å². The smallest absolute Gasteiger partial charge is 0.331 e. The average molecular weight is 321 g/mol. The van der Waals surface area contributed by atoms with E-state index >= 15 is 0 Å². The first-order chi connectivity index (χ1) is 11.8. The monoisotopic (exact) mass is 321 g/mol. The number of nitrogens with zero attached hydrogens (tertiary/aromatic N) is 3. The highest BCUT2D eigenvalue weighted by molar-refractivity contribution is 6.03. The Hall–Kier alpha value is -2.95. The Morgan fingerprint density at radius 1 is 1.21 bits per heavy atom. The fourth-order valence-corrected chi connectivity index (χ4v) is 2.45. The van der Waals surface area contributed by atoms with E-state index < -0.39 is 0 Å². The van der Waals surface area contributed by atoms with E-state index in [9.17, 15) is 4.79 Å². The third-order valence-electron chi connectivity index (χ3n) is 3.69. The van der Waals surface area contributed by atoms with E-state index in [1.807, 2.05) is 42.0 Å². The third-order valence-corrected chi connectivity index (χ3v) is 3.69. The van der Waals surface area contributed by atoms with Crippen molar-refractivity contribution >= 4 is 22.5 Å². The number of carbonyl (C=O) groups excluding carboxylic acids is 1. The summed E-state index contributed by atoms with van der Waals surface area (Å²) in [5.41, 5.74) is 1.61. The van der Waals surface area contributed by atoms with Crippen molar-refractivity contribution in [1.29, 1.82) is 0 Å². The average Bonchev–Trinajstić information content (AvgIpc) is 3.11. The van der Waals surface area contributed by atoms with Crippen molar-refractivity contribution < 1.29 is 9.63 Å². The first kappa shape index (κ1) is 15.9. The van der Waals surface area contributed by atoms with Crippen molar-refractivity contribution in [1.82, 2.24) is 9.55 Å². The quantitative estimate of drug-likeness (QED) is 0.394. The van der Waals surface area contributed by atoms with Crippen LogP contribution in [-0.4, -0.2) is 21.2 Å². The van der Waals surface area contributed by atoms with Gasteiger partial charge >= 0.3 is 5.97 Å². The molecule has 0 aliphatic heterocycles. The molecule has 0 amide bonds. The summed E-state index contributed by atoms with van der Waals surface area (Å²) in [7, 11) is 0. The lowest BCUT2D eigenvalue weighted by Gasteiger charge is -2.08. The summed E-state index contributed by atoms with van der Waals surface area (Å²) in [4.78, 5) is 20.8. The predicted octanol–water partition coefficient (Wildman–Crippen LogP) is 3.78. The Labute approximate surface area is 140 Å². The molecule has 0 unspecified atom stereocenters. The van der Waals surface area contributed by atoms with E-state index in [4.69, 9.17) is 4.84 Å². The van der Waals surface area contributed by atoms with E-state index in [-0.39, 0.29) is 5.97 Å². The van der Waals surface area contributed by atoms with Crippen LogP contribution in [0, 0.1) is 0 Å². The summed E-state index contributed by atoms with van der Waals surface area (Å²) < 4.78 is 1.89. The zero-order chi connectivity index (χ0) is 16.8. The first-order valence-electron chi connectivity index (χ1n) is 7.98. The van der Waals surface area contributed by atoms with Crippen molar-refractivity contribution in [2.24, 2.45) is 5.16 Å². The number of oxime groups is 1. The molecule has 3 aromatic rings. The van der Waals surface area contributed by atoms with Crippen LogP contribution in [0.15, 0.2) is 66.3 Å². The SMILES string of the molecule is CCCC(=O)O/N=C(\Cn1ccnc1)c1ccc2ccccc2c1. The van der Waals surface area contributed by atoms with Gasteiger partial charge in [-0.1, -0.05) is 48.5 Å². The van der Waals surface area contributed by atoms with Gasteiger partial charge in [-0.3, -0.25) is 0 Å². The fourth-order valence-electron chi connectivity index (χ4n) is 2.45. The van der Waals surface area contributed by atoms with Crippen molar-refractivity contribution in [2.75, 3.05) is 0 Å². The second kappa shape index (κ2) is 7.55. The van der Waals surface area contributed by atoms with Crippen LogP contribution in [0.25, 0.3) is 10.8 Å². The minimum atomic E-state index is -0.318. The van der Waals surface area contributed by atoms with Crippen LogP contribution in [-0.2, 0) is 16.2 Å². The minimum Gasteiger partial charge on any atom is -0.331 e. The van der Waals surface area contributed by atoms with E-state index in [2.05, 4.69) is 28.3 Å². The molecule has 1 heterocycles. The Balaban J connectivity index is 1.92. The van der Waals surface area contributed by atoms with Gasteiger partial charge in [0.25, 0.3) is 0 Å². The zero-order valence-electron chi connectivity index (χ0n) is 13.6. The molecule has 5 heteroatoms. The molecule has 5 nitrogen and oxygen atoms in total. The molecule has 0 radical (unpaired) electrons. The lowest BCUT2D eigenvalue weighted by atomic mass is 10.0. The van der Waals surface area contributed by atoms with Gasteiger partial charge in [-0.15, -0.1) is 0 Å². The largest absolute Gasteiger partial charge is 0.335 e. The molecule has 24 heavy (non-hydrogen) atoms. The molecule has 1 aromatic heterocycles. The third kappa shape index (κ3) is 3.87. The van der Waals surface area contributed by atoms with Gasteiger partial charge in [-0.2, -0.15) is 0 Å². The predicted molar refractivity (Wildman–Crippen MR) is 93.7 cm³/mol. The van der Waals surface area contributed by atoms with Crippen LogP contribution in [0.4, 0.5) is 0 Å². The summed E-state index contributed by atoms with van der Waals surface area (Å²) in [5, 5.41) is 6.39. The number of benzene rings is 2. The number of fused-ring (bicyclic) bond motifs is 1. The molecule has 0 saturated carbocycles. The normalized spacial score (nSPS) is 11.6. The first-order valence-corrected chi connectivity index (χ1v) is 7.98. The van der Waals surface area contributed by atoms with Crippen LogP contribution in [0.3, 0.4) is 0 Å². The molecule has 0 aliphatic rings. The highest BCUT2D eigenvalue weighted by Crippen LogP contribution is 2.17. The van der Waals surface area contributed by atoms with Gasteiger partial charge in [0.2, 0.25) is 0 Å². The number of hydrogen-bond donors (Lipinski definition) is 0. The second-order valence-electron chi connectivity index (χ2n) is 5.55. The van der Waals surface area contributed by atoms with Crippen molar-refractivity contribution in [2.45, 2.75) is 26.3 Å². The standard InChI is InChI=1S/C19H19N3O2/c1-2-5-19(23)24-21-18(13-22-11-10-20-14-22)17-9-8-15-6-3-4-7-16(15)12-17/h3-4,6-12,14H,2,5,13H2,1H3/b21-18+. The molecule has 0 fully saturated rings. The van der Waals surface area contributed by atoms with Crippen molar-refractivity contribution in [3.05, 3.63) is 66.7 Å². The molecule has 0 saturated heterocycles. The van der Waals surface area contributed by atoms with Gasteiger partial charge in [-0.05, 0) is 23.3 Å². The van der Waals surface area contributed by atoms with Gasteiger partial charge in [0.05, 0.1) is 12.9 Å². The van der Waals surface area contributed by atoms with Gasteiger partial charge in [-0.25, -0.2) is 9.78 Å². The maximum Gasteiger partial charge on any atom is 0.335 e. The summed E-state index contributed by atoms with van der Waals surface area (Å²) in [6, 6.07) is 14.2. The van der Waals surface area contributed by atoms with E-state index in [1.54, 1.807) is 12.5 Å². The molecule has 0 spiro atoms. The molecule has 0 atom stereocenters. The van der Waals surface area contributed by atoms with Gasteiger partial charge < -0.3 is 9.40 Å². The Morgan fingerprint density at radius 3 is 2.79 bits per heavy atom. The molecule has 3 rings (SSSR count). The van der Waals surface area contributed by atoms with Crippen molar-refractivity contribution in [3.8, 4) is 0 Å². The Morgan fingerprint density at radius 2 is 2.04 bits per heavy atom. The Bertz CT molecular complexity index is 854. The van der Waals surface area contributed by atoms with E-state index in [0.717, 1.165) is 22.8 Å². The number of carbonyl (C=O) groups is 1. The number of aromatic nitrogens is 2. The van der Waals surface area contributed by atoms with Crippen LogP contribution in [0.5, 0.6) is 0 Å². The van der Waals surface area contributed by atoms with Crippen molar-refractivity contribution in [3.63, 3.8) is 0 Å². The summed E-state index contributed by atoms with van der Waals surface area (Å²) in [6.07, 6.45) is 6.37. The van der Waals surface area contributed by atoms with Gasteiger partial charge in [0, 0.05) is 24.4 Å². The molecule has 0 bridgehead atoms. The highest BCUT2D eigenvalue weighted by Gasteiger charge is 2.09. The minimum absolute atomic E-state index is 0.318. The van der Waals surface area contributed by atoms with Gasteiger partial charge in [0.15, 0.2) is 0 Å². The maximum absolute atomic E-state index is 11.6. The summed E-state index contributed by atoms with van der Waals surface area (Å²) in [5.74, 6) is -0.318. The fraction of sp³-hybridized carbons (Fsp3) is 0.211. The molecule has 2 aromatic carbocycles. The van der Waals surface area contributed by atoms with Crippen LogP contribution in [0.1, 0.15) is 25.3 Å². The summed E-state index contributed by atoms with van der Waals surface area (Å²) in [6.45, 7) is 2.42. The second-order valence-corrected chi connectivity index (χ2v) is 5.55. The van der Waals surface area contributed by atoms with Crippen LogP contribution >= 0.6 is 0 Å². The number of imidazole rings is 1.